The van der Waals surface area contributed by atoms with Gasteiger partial charge in [-0.2, -0.15) is 0 Å². The van der Waals surface area contributed by atoms with Gasteiger partial charge < -0.3 is 14.8 Å². The van der Waals surface area contributed by atoms with Gasteiger partial charge in [0.1, 0.15) is 0 Å². The summed E-state index contributed by atoms with van der Waals surface area (Å²) in [5.41, 5.74) is 2.08. The molecule has 0 bridgehead atoms. The molecule has 0 atom stereocenters. The van der Waals surface area contributed by atoms with E-state index >= 15 is 0 Å². The van der Waals surface area contributed by atoms with Crippen LogP contribution < -0.4 is 14.8 Å². The van der Waals surface area contributed by atoms with Crippen LogP contribution in [0.4, 0.5) is 5.95 Å². The summed E-state index contributed by atoms with van der Waals surface area (Å²) in [5.74, 6) is 2.11. The van der Waals surface area contributed by atoms with Gasteiger partial charge in [-0.15, -0.1) is 0 Å². The topological polar surface area (TPSA) is 56.3 Å². The van der Waals surface area contributed by atoms with Crippen molar-refractivity contribution in [2.45, 2.75) is 41.0 Å². The highest BCUT2D eigenvalue weighted by Crippen LogP contribution is 2.28. The lowest BCUT2D eigenvalue weighted by atomic mass is 10.1. The maximum atomic E-state index is 5.31. The summed E-state index contributed by atoms with van der Waals surface area (Å²) in [6.45, 7) is 10.8. The van der Waals surface area contributed by atoms with E-state index in [1.807, 2.05) is 58.9 Å². The van der Waals surface area contributed by atoms with Crippen molar-refractivity contribution in [1.82, 2.24) is 9.97 Å². The minimum absolute atomic E-state index is 0.658. The predicted molar refractivity (Wildman–Crippen MR) is 101 cm³/mol. The van der Waals surface area contributed by atoms with E-state index < -0.39 is 0 Å². The number of nitrogens with zero attached hydrogens (tertiary/aromatic N) is 2. The highest BCUT2D eigenvalue weighted by Gasteiger charge is 2.06. The summed E-state index contributed by atoms with van der Waals surface area (Å²) < 4.78 is 10.5. The van der Waals surface area contributed by atoms with Crippen molar-refractivity contribution in [2.24, 2.45) is 0 Å². The Morgan fingerprint density at radius 1 is 0.958 bits per heavy atom. The molecule has 5 heteroatoms. The summed E-state index contributed by atoms with van der Waals surface area (Å²) in [6.07, 6.45) is 2.49. The molecule has 2 aromatic rings. The third kappa shape index (κ3) is 6.86. The van der Waals surface area contributed by atoms with Gasteiger partial charge in [-0.1, -0.05) is 33.8 Å². The third-order valence-electron chi connectivity index (χ3n) is 2.88. The monoisotopic (exact) mass is 333 g/mol. The lowest BCUT2D eigenvalue weighted by Crippen LogP contribution is -2.04. The number of anilines is 1. The molecule has 1 aromatic carbocycles. The van der Waals surface area contributed by atoms with Gasteiger partial charge in [-0.3, -0.25) is 0 Å². The lowest BCUT2D eigenvalue weighted by Gasteiger charge is -2.09. The van der Waals surface area contributed by atoms with Crippen LogP contribution in [0.3, 0.4) is 0 Å². The summed E-state index contributed by atoms with van der Waals surface area (Å²) in [7, 11) is 3.26. The second-order valence-corrected chi connectivity index (χ2v) is 4.27. The quantitative estimate of drug-likeness (QED) is 0.839. The highest BCUT2D eigenvalue weighted by molar-refractivity contribution is 5.44. The van der Waals surface area contributed by atoms with Gasteiger partial charge in [-0.05, 0) is 30.7 Å². The van der Waals surface area contributed by atoms with Gasteiger partial charge in [0.2, 0.25) is 5.95 Å². The molecular weight excluding hydrogens is 302 g/mol. The number of aromatic nitrogens is 2. The molecular formula is C19H31N3O2. The number of benzene rings is 1. The summed E-state index contributed by atoms with van der Waals surface area (Å²) in [4.78, 5) is 8.63. The SMILES string of the molecule is CC.CC.CCNc1nccc(Cc2ccc(OC)c(OC)c2)n1. The Morgan fingerprint density at radius 3 is 2.21 bits per heavy atom. The van der Waals surface area contributed by atoms with Crippen molar-refractivity contribution in [1.29, 1.82) is 0 Å². The average Bonchev–Trinajstić information content (AvgIpc) is 2.65. The van der Waals surface area contributed by atoms with Gasteiger partial charge in [0.05, 0.1) is 19.9 Å². The molecule has 0 spiro atoms. The van der Waals surface area contributed by atoms with Crippen molar-refractivity contribution in [2.75, 3.05) is 26.1 Å². The molecule has 0 aliphatic heterocycles. The summed E-state index contributed by atoms with van der Waals surface area (Å²) >= 11 is 0. The van der Waals surface area contributed by atoms with Gasteiger partial charge in [0.25, 0.3) is 0 Å². The molecule has 2 rings (SSSR count). The van der Waals surface area contributed by atoms with Gasteiger partial charge in [-0.25, -0.2) is 9.97 Å². The smallest absolute Gasteiger partial charge is 0.222 e. The zero-order valence-electron chi connectivity index (χ0n) is 16.0. The first-order valence-corrected chi connectivity index (χ1v) is 8.53. The molecule has 0 radical (unpaired) electrons. The third-order valence-corrected chi connectivity index (χ3v) is 2.88. The Balaban J connectivity index is 0.00000123. The predicted octanol–water partition coefficient (Wildman–Crippen LogP) is 4.57. The van der Waals surface area contributed by atoms with Crippen molar-refractivity contribution < 1.29 is 9.47 Å². The normalized spacial score (nSPS) is 8.96. The Morgan fingerprint density at radius 2 is 1.62 bits per heavy atom. The van der Waals surface area contributed by atoms with Crippen molar-refractivity contribution in [3.8, 4) is 11.5 Å². The Hall–Kier alpha value is -2.30. The zero-order chi connectivity index (χ0) is 18.4. The Kier molecular flexibility index (Phi) is 11.9. The molecule has 0 aliphatic carbocycles. The van der Waals surface area contributed by atoms with Crippen molar-refractivity contribution >= 4 is 5.95 Å². The standard InChI is InChI=1S/C15H19N3O2.2C2H6/c1-4-16-15-17-8-7-12(18-15)9-11-5-6-13(19-2)14(10-11)20-3;2*1-2/h5-8,10H,4,9H2,1-3H3,(H,16,17,18);2*1-2H3. The Bertz CT molecular complexity index is 574. The van der Waals surface area contributed by atoms with Crippen LogP contribution in [0.1, 0.15) is 45.9 Å². The van der Waals surface area contributed by atoms with E-state index in [1.54, 1.807) is 20.4 Å². The van der Waals surface area contributed by atoms with E-state index in [9.17, 15) is 0 Å². The van der Waals surface area contributed by atoms with Crippen LogP contribution >= 0.6 is 0 Å². The molecule has 0 aliphatic rings. The maximum Gasteiger partial charge on any atom is 0.222 e. The van der Waals surface area contributed by atoms with Gasteiger partial charge in [0, 0.05) is 19.2 Å². The summed E-state index contributed by atoms with van der Waals surface area (Å²) in [5, 5.41) is 3.11. The molecule has 1 heterocycles. The highest BCUT2D eigenvalue weighted by atomic mass is 16.5. The van der Waals surface area contributed by atoms with Crippen LogP contribution in [0, 0.1) is 0 Å². The van der Waals surface area contributed by atoms with Crippen LogP contribution in [0.5, 0.6) is 11.5 Å². The lowest BCUT2D eigenvalue weighted by molar-refractivity contribution is 0.354. The van der Waals surface area contributed by atoms with Crippen molar-refractivity contribution in [3.63, 3.8) is 0 Å². The molecule has 0 saturated heterocycles. The van der Waals surface area contributed by atoms with E-state index in [4.69, 9.17) is 9.47 Å². The van der Waals surface area contributed by atoms with Crippen LogP contribution in [0.2, 0.25) is 0 Å². The van der Waals surface area contributed by atoms with E-state index in [0.29, 0.717) is 5.95 Å². The largest absolute Gasteiger partial charge is 0.493 e. The minimum Gasteiger partial charge on any atom is -0.493 e. The molecule has 0 amide bonds. The molecule has 0 saturated carbocycles. The molecule has 134 valence electrons. The Labute approximate surface area is 146 Å². The van der Waals surface area contributed by atoms with E-state index in [2.05, 4.69) is 15.3 Å². The molecule has 1 N–H and O–H groups in total. The minimum atomic E-state index is 0.658. The number of ether oxygens (including phenoxy) is 2. The first-order valence-electron chi connectivity index (χ1n) is 8.53. The van der Waals surface area contributed by atoms with Crippen LogP contribution in [0.15, 0.2) is 30.5 Å². The molecule has 1 aromatic heterocycles. The first-order chi connectivity index (χ1) is 11.8. The van der Waals surface area contributed by atoms with Crippen LogP contribution in [-0.2, 0) is 6.42 Å². The van der Waals surface area contributed by atoms with E-state index in [-0.39, 0.29) is 0 Å². The fourth-order valence-electron chi connectivity index (χ4n) is 1.94. The van der Waals surface area contributed by atoms with E-state index in [1.165, 1.54) is 0 Å². The first kappa shape index (κ1) is 21.7. The number of nitrogens with one attached hydrogen (secondary N) is 1. The van der Waals surface area contributed by atoms with Crippen LogP contribution in [0.25, 0.3) is 0 Å². The second kappa shape index (κ2) is 13.2. The molecule has 0 unspecified atom stereocenters. The molecule has 24 heavy (non-hydrogen) atoms. The number of hydrogen-bond donors (Lipinski definition) is 1. The molecule has 5 nitrogen and oxygen atoms in total. The number of hydrogen-bond acceptors (Lipinski definition) is 5. The van der Waals surface area contributed by atoms with Gasteiger partial charge >= 0.3 is 0 Å². The molecule has 0 fully saturated rings. The van der Waals surface area contributed by atoms with Crippen molar-refractivity contribution in [3.05, 3.63) is 41.7 Å². The fraction of sp³-hybridized carbons (Fsp3) is 0.474. The zero-order valence-corrected chi connectivity index (χ0v) is 16.0. The summed E-state index contributed by atoms with van der Waals surface area (Å²) in [6, 6.07) is 7.79. The second-order valence-electron chi connectivity index (χ2n) is 4.27. The van der Waals surface area contributed by atoms with E-state index in [0.717, 1.165) is 35.7 Å². The number of rotatable bonds is 6. The van der Waals surface area contributed by atoms with Crippen LogP contribution in [-0.4, -0.2) is 30.7 Å². The average molecular weight is 333 g/mol. The fourth-order valence-corrected chi connectivity index (χ4v) is 1.94. The number of methoxy groups -OCH3 is 2. The maximum absolute atomic E-state index is 5.31. The van der Waals surface area contributed by atoms with Gasteiger partial charge in [0.15, 0.2) is 11.5 Å².